The number of benzene rings is 1. The third-order valence-electron chi connectivity index (χ3n) is 6.05. The molecule has 0 bridgehead atoms. The first-order chi connectivity index (χ1) is 19.0. The summed E-state index contributed by atoms with van der Waals surface area (Å²) in [5.74, 6) is 4.23. The van der Waals surface area contributed by atoms with Gasteiger partial charge < -0.3 is 18.9 Å². The molecule has 0 N–H and O–H groups in total. The third kappa shape index (κ3) is 7.40. The number of esters is 1. The second-order valence-corrected chi connectivity index (χ2v) is 8.88. The predicted molar refractivity (Wildman–Crippen MR) is 135 cm³/mol. The highest BCUT2D eigenvalue weighted by atomic mass is 19.4. The Hall–Kier alpha value is -3.89. The van der Waals surface area contributed by atoms with Crippen LogP contribution < -0.4 is 16.0 Å². The molecule has 1 fully saturated rings. The van der Waals surface area contributed by atoms with Crippen LogP contribution in [-0.2, 0) is 25.2 Å². The van der Waals surface area contributed by atoms with Crippen molar-refractivity contribution in [3.8, 4) is 17.6 Å². The minimum Gasteiger partial charge on any atom is -0.497 e. The largest absolute Gasteiger partial charge is 0.497 e. The molecule has 10 nitrogen and oxygen atoms in total. The predicted octanol–water partition coefficient (Wildman–Crippen LogP) is 3.16. The number of carbonyl (C=O) groups excluding carboxylic acids is 2. The number of carbonyl (C=O) groups is 2. The number of unbranched alkanes of at least 4 members (excludes halogenated alkanes) is 2. The lowest BCUT2D eigenvalue weighted by atomic mass is 10.1. The van der Waals surface area contributed by atoms with E-state index in [4.69, 9.17) is 18.9 Å². The quantitative estimate of drug-likeness (QED) is 0.258. The second kappa shape index (κ2) is 13.5. The lowest BCUT2D eigenvalue weighted by molar-refractivity contribution is -0.148. The summed E-state index contributed by atoms with van der Waals surface area (Å²) in [5.41, 5.74) is -5.11. The van der Waals surface area contributed by atoms with Gasteiger partial charge in [0.05, 0.1) is 13.2 Å². The van der Waals surface area contributed by atoms with Crippen LogP contribution >= 0.6 is 0 Å². The molecule has 1 aromatic carbocycles. The Morgan fingerprint density at radius 1 is 1.15 bits per heavy atom. The zero-order chi connectivity index (χ0) is 29.4. The van der Waals surface area contributed by atoms with Crippen molar-refractivity contribution in [2.24, 2.45) is 0 Å². The molecule has 3 rings (SSSR count). The van der Waals surface area contributed by atoms with Gasteiger partial charge in [0.25, 0.3) is 11.5 Å². The van der Waals surface area contributed by atoms with Gasteiger partial charge in [-0.05, 0) is 30.7 Å². The van der Waals surface area contributed by atoms with E-state index in [-0.39, 0.29) is 29.8 Å². The monoisotopic (exact) mass is 566 g/mol. The van der Waals surface area contributed by atoms with Gasteiger partial charge in [0, 0.05) is 31.5 Å². The minimum atomic E-state index is -5.19. The van der Waals surface area contributed by atoms with Crippen LogP contribution in [0, 0.1) is 11.8 Å². The molecule has 3 atom stereocenters. The highest BCUT2D eigenvalue weighted by molar-refractivity contribution is 5.95. The summed E-state index contributed by atoms with van der Waals surface area (Å²) in [7, 11) is 1.37. The average Bonchev–Trinajstić information content (AvgIpc) is 3.31. The molecule has 1 saturated heterocycles. The van der Waals surface area contributed by atoms with Gasteiger partial charge in [-0.15, -0.1) is 5.92 Å². The van der Waals surface area contributed by atoms with E-state index in [2.05, 4.69) is 11.8 Å². The highest BCUT2D eigenvalue weighted by Gasteiger charge is 2.42. The number of hydrogen-bond donors (Lipinski definition) is 0. The smallest absolute Gasteiger partial charge is 0.423 e. The van der Waals surface area contributed by atoms with Crippen LogP contribution in [-0.4, -0.2) is 53.5 Å². The van der Waals surface area contributed by atoms with Gasteiger partial charge in [-0.2, -0.15) is 17.7 Å². The number of aromatic nitrogens is 2. The summed E-state index contributed by atoms with van der Waals surface area (Å²) >= 11 is 0. The van der Waals surface area contributed by atoms with Gasteiger partial charge in [-0.1, -0.05) is 19.3 Å². The van der Waals surface area contributed by atoms with E-state index in [0.717, 1.165) is 12.8 Å². The number of halogens is 3. The van der Waals surface area contributed by atoms with E-state index in [1.807, 2.05) is 6.92 Å². The molecule has 2 aromatic rings. The SMILES string of the molecule is CCCCC#CCO[C@H]1C[C@H](n2cc(C(F)(F)F)c(=O)n(C(=O)c3ccc(OC)cc3)c2=O)O[C@@H]1COC(C)=O. The molecule has 0 unspecified atom stereocenters. The number of rotatable bonds is 9. The number of hydrogen-bond acceptors (Lipinski definition) is 8. The summed E-state index contributed by atoms with van der Waals surface area (Å²) in [5, 5.41) is 0. The van der Waals surface area contributed by atoms with Crippen molar-refractivity contribution in [1.29, 1.82) is 0 Å². The third-order valence-corrected chi connectivity index (χ3v) is 6.05. The molecule has 0 saturated carbocycles. The molecule has 1 aliphatic heterocycles. The number of nitrogens with zero attached hydrogens (tertiary/aromatic N) is 2. The van der Waals surface area contributed by atoms with Crippen molar-refractivity contribution in [1.82, 2.24) is 9.13 Å². The van der Waals surface area contributed by atoms with Crippen molar-refractivity contribution < 1.29 is 41.7 Å². The number of methoxy groups -OCH3 is 1. The van der Waals surface area contributed by atoms with Crippen LogP contribution in [0.15, 0.2) is 40.1 Å². The molecule has 0 aliphatic carbocycles. The molecule has 1 aromatic heterocycles. The highest BCUT2D eigenvalue weighted by Crippen LogP contribution is 2.32. The van der Waals surface area contributed by atoms with Crippen molar-refractivity contribution in [2.75, 3.05) is 20.3 Å². The number of alkyl halides is 3. The lowest BCUT2D eigenvalue weighted by Gasteiger charge is -2.19. The second-order valence-electron chi connectivity index (χ2n) is 8.88. The maximum atomic E-state index is 13.9. The molecule has 1 aliphatic rings. The van der Waals surface area contributed by atoms with E-state index in [9.17, 15) is 32.3 Å². The van der Waals surface area contributed by atoms with E-state index in [0.29, 0.717) is 22.9 Å². The van der Waals surface area contributed by atoms with Crippen LogP contribution in [0.3, 0.4) is 0 Å². The first kappa shape index (κ1) is 30.6. The maximum absolute atomic E-state index is 13.9. The molecule has 2 heterocycles. The summed E-state index contributed by atoms with van der Waals surface area (Å²) < 4.78 is 63.5. The van der Waals surface area contributed by atoms with Crippen LogP contribution in [0.25, 0.3) is 0 Å². The Bertz CT molecular complexity index is 1390. The van der Waals surface area contributed by atoms with Crippen molar-refractivity contribution in [3.05, 3.63) is 62.4 Å². The zero-order valence-corrected chi connectivity index (χ0v) is 22.2. The van der Waals surface area contributed by atoms with Gasteiger partial charge in [-0.3, -0.25) is 19.0 Å². The van der Waals surface area contributed by atoms with Crippen molar-refractivity contribution in [2.45, 2.75) is 64.1 Å². The fourth-order valence-electron chi connectivity index (χ4n) is 3.96. The molecule has 13 heteroatoms. The Morgan fingerprint density at radius 3 is 2.45 bits per heavy atom. The fourth-order valence-corrected chi connectivity index (χ4v) is 3.96. The standard InChI is InChI=1S/C27H29F3N2O8/c1-4-5-6-7-8-13-38-21-14-23(40-22(21)16-39-17(2)33)31-15-20(27(28,29)30)25(35)32(26(31)36)24(34)18-9-11-19(37-3)12-10-18/h9-12,15,21-23H,4-6,13-14,16H2,1-3H3/t21-,22+,23+/m0/s1. The van der Waals surface area contributed by atoms with Gasteiger partial charge in [0.15, 0.2) is 0 Å². The van der Waals surface area contributed by atoms with E-state index < -0.39 is 53.3 Å². The van der Waals surface area contributed by atoms with Gasteiger partial charge in [0.1, 0.15) is 36.9 Å². The first-order valence-electron chi connectivity index (χ1n) is 12.5. The molecule has 40 heavy (non-hydrogen) atoms. The molecule has 0 spiro atoms. The summed E-state index contributed by atoms with van der Waals surface area (Å²) in [6, 6.07) is 5.14. The Kier molecular flexibility index (Phi) is 10.3. The molecule has 0 radical (unpaired) electrons. The summed E-state index contributed by atoms with van der Waals surface area (Å²) in [4.78, 5) is 50.5. The van der Waals surface area contributed by atoms with Crippen molar-refractivity contribution >= 4 is 11.9 Å². The van der Waals surface area contributed by atoms with Gasteiger partial charge in [-0.25, -0.2) is 4.79 Å². The van der Waals surface area contributed by atoms with Crippen LogP contribution in [0.4, 0.5) is 13.2 Å². The Labute approximate surface area is 227 Å². The minimum absolute atomic E-state index is 0.0286. The summed E-state index contributed by atoms with van der Waals surface area (Å²) in [6.07, 6.45) is -5.61. The van der Waals surface area contributed by atoms with Crippen LogP contribution in [0.1, 0.15) is 61.7 Å². The topological polar surface area (TPSA) is 115 Å². The molecular weight excluding hydrogens is 537 g/mol. The molecular formula is C27H29F3N2O8. The molecule has 216 valence electrons. The fraction of sp³-hybridized carbons (Fsp3) is 0.481. The molecule has 0 amide bonds. The Morgan fingerprint density at radius 2 is 1.85 bits per heavy atom. The van der Waals surface area contributed by atoms with E-state index >= 15 is 0 Å². The Balaban J connectivity index is 2.00. The normalized spacial score (nSPS) is 18.6. The first-order valence-corrected chi connectivity index (χ1v) is 12.5. The van der Waals surface area contributed by atoms with Crippen LogP contribution in [0.2, 0.25) is 0 Å². The van der Waals surface area contributed by atoms with Gasteiger partial charge in [0.2, 0.25) is 0 Å². The van der Waals surface area contributed by atoms with E-state index in [1.54, 1.807) is 0 Å². The van der Waals surface area contributed by atoms with E-state index in [1.165, 1.54) is 38.3 Å². The van der Waals surface area contributed by atoms with Crippen LogP contribution in [0.5, 0.6) is 5.75 Å². The zero-order valence-electron chi connectivity index (χ0n) is 22.2. The number of ether oxygens (including phenoxy) is 4. The summed E-state index contributed by atoms with van der Waals surface area (Å²) in [6.45, 7) is 2.86. The maximum Gasteiger partial charge on any atom is 0.423 e. The van der Waals surface area contributed by atoms with Crippen molar-refractivity contribution in [3.63, 3.8) is 0 Å². The van der Waals surface area contributed by atoms with Gasteiger partial charge >= 0.3 is 17.8 Å². The lowest BCUT2D eigenvalue weighted by Crippen LogP contribution is -2.47. The average molecular weight is 567 g/mol.